The predicted octanol–water partition coefficient (Wildman–Crippen LogP) is 3.72. The standard InChI is InChI=1S/C17H17FN2O2/c1-12(15-6-8-17(9-7-15)19-13(2)21)20-22-11-14-4-3-5-16(18)10-14/h3-10H,11H2,1-2H3,(H,19,21)/b20-12+. The van der Waals surface area contributed by atoms with Crippen molar-refractivity contribution in [2.24, 2.45) is 5.16 Å². The summed E-state index contributed by atoms with van der Waals surface area (Å²) in [7, 11) is 0. The highest BCUT2D eigenvalue weighted by Gasteiger charge is 2.01. The smallest absolute Gasteiger partial charge is 0.221 e. The summed E-state index contributed by atoms with van der Waals surface area (Å²) in [5.41, 5.74) is 3.03. The minimum atomic E-state index is -0.296. The summed E-state index contributed by atoms with van der Waals surface area (Å²) in [6, 6.07) is 13.5. The number of oxime groups is 1. The minimum Gasteiger partial charge on any atom is -0.391 e. The second-order valence-electron chi connectivity index (χ2n) is 4.84. The van der Waals surface area contributed by atoms with Crippen molar-refractivity contribution in [3.05, 3.63) is 65.5 Å². The van der Waals surface area contributed by atoms with Gasteiger partial charge in [0.15, 0.2) is 0 Å². The van der Waals surface area contributed by atoms with Crippen LogP contribution in [0.15, 0.2) is 53.7 Å². The highest BCUT2D eigenvalue weighted by Crippen LogP contribution is 2.11. The van der Waals surface area contributed by atoms with Crippen LogP contribution in [-0.4, -0.2) is 11.6 Å². The number of anilines is 1. The van der Waals surface area contributed by atoms with E-state index in [2.05, 4.69) is 10.5 Å². The van der Waals surface area contributed by atoms with E-state index in [4.69, 9.17) is 4.84 Å². The van der Waals surface area contributed by atoms with Crippen LogP contribution in [0.4, 0.5) is 10.1 Å². The van der Waals surface area contributed by atoms with E-state index in [1.807, 2.05) is 19.1 Å². The van der Waals surface area contributed by atoms with Gasteiger partial charge < -0.3 is 10.2 Å². The maximum absolute atomic E-state index is 13.0. The predicted molar refractivity (Wildman–Crippen MR) is 84.1 cm³/mol. The molecule has 2 aromatic rings. The van der Waals surface area contributed by atoms with Crippen molar-refractivity contribution in [3.63, 3.8) is 0 Å². The maximum Gasteiger partial charge on any atom is 0.221 e. The Kier molecular flexibility index (Phi) is 5.25. The first-order chi connectivity index (χ1) is 10.5. The van der Waals surface area contributed by atoms with Crippen molar-refractivity contribution in [2.45, 2.75) is 20.5 Å². The molecule has 22 heavy (non-hydrogen) atoms. The molecule has 4 nitrogen and oxygen atoms in total. The van der Waals surface area contributed by atoms with Gasteiger partial charge in [-0.3, -0.25) is 4.79 Å². The molecule has 0 bridgehead atoms. The van der Waals surface area contributed by atoms with E-state index in [0.717, 1.165) is 16.8 Å². The average Bonchev–Trinajstić information content (AvgIpc) is 2.47. The van der Waals surface area contributed by atoms with Gasteiger partial charge in [-0.2, -0.15) is 0 Å². The zero-order chi connectivity index (χ0) is 15.9. The topological polar surface area (TPSA) is 50.7 Å². The zero-order valence-electron chi connectivity index (χ0n) is 12.5. The third-order valence-electron chi connectivity index (χ3n) is 2.94. The largest absolute Gasteiger partial charge is 0.391 e. The lowest BCUT2D eigenvalue weighted by Gasteiger charge is -2.05. The first kappa shape index (κ1) is 15.7. The van der Waals surface area contributed by atoms with Crippen molar-refractivity contribution in [3.8, 4) is 0 Å². The van der Waals surface area contributed by atoms with Gasteiger partial charge in [0.1, 0.15) is 12.4 Å². The number of halogens is 1. The van der Waals surface area contributed by atoms with Gasteiger partial charge in [-0.05, 0) is 42.3 Å². The van der Waals surface area contributed by atoms with Crippen LogP contribution in [0.3, 0.4) is 0 Å². The highest BCUT2D eigenvalue weighted by atomic mass is 19.1. The van der Waals surface area contributed by atoms with Crippen molar-refractivity contribution < 1.29 is 14.0 Å². The lowest BCUT2D eigenvalue weighted by atomic mass is 10.1. The second-order valence-corrected chi connectivity index (χ2v) is 4.84. The van der Waals surface area contributed by atoms with Crippen LogP contribution in [0, 0.1) is 5.82 Å². The number of hydrogen-bond acceptors (Lipinski definition) is 3. The number of carbonyl (C=O) groups excluding carboxylic acids is 1. The third-order valence-corrected chi connectivity index (χ3v) is 2.94. The Morgan fingerprint density at radius 3 is 2.55 bits per heavy atom. The van der Waals surface area contributed by atoms with Crippen molar-refractivity contribution >= 4 is 17.3 Å². The fraction of sp³-hybridized carbons (Fsp3) is 0.176. The molecule has 0 aliphatic carbocycles. The first-order valence-corrected chi connectivity index (χ1v) is 6.83. The summed E-state index contributed by atoms with van der Waals surface area (Å²) in [6.45, 7) is 3.49. The van der Waals surface area contributed by atoms with Gasteiger partial charge in [-0.25, -0.2) is 4.39 Å². The maximum atomic E-state index is 13.0. The minimum absolute atomic E-state index is 0.114. The van der Waals surface area contributed by atoms with Crippen LogP contribution in [-0.2, 0) is 16.2 Å². The Labute approximate surface area is 128 Å². The summed E-state index contributed by atoms with van der Waals surface area (Å²) in [6.07, 6.45) is 0. The Bertz CT molecular complexity index is 681. The van der Waals surface area contributed by atoms with E-state index in [1.54, 1.807) is 24.3 Å². The summed E-state index contributed by atoms with van der Waals surface area (Å²) in [4.78, 5) is 16.2. The van der Waals surface area contributed by atoms with Crippen LogP contribution in [0.2, 0.25) is 0 Å². The molecular formula is C17H17FN2O2. The summed E-state index contributed by atoms with van der Waals surface area (Å²) >= 11 is 0. The van der Waals surface area contributed by atoms with E-state index >= 15 is 0 Å². The Balaban J connectivity index is 1.95. The Hall–Kier alpha value is -2.69. The van der Waals surface area contributed by atoms with Crippen LogP contribution < -0.4 is 5.32 Å². The van der Waals surface area contributed by atoms with E-state index in [1.165, 1.54) is 19.1 Å². The van der Waals surface area contributed by atoms with Gasteiger partial charge in [0, 0.05) is 12.6 Å². The van der Waals surface area contributed by atoms with Crippen molar-refractivity contribution in [1.29, 1.82) is 0 Å². The molecule has 0 atom stereocenters. The monoisotopic (exact) mass is 300 g/mol. The zero-order valence-corrected chi connectivity index (χ0v) is 12.5. The van der Waals surface area contributed by atoms with Crippen LogP contribution in [0.25, 0.3) is 0 Å². The molecule has 1 N–H and O–H groups in total. The third kappa shape index (κ3) is 4.70. The molecule has 0 spiro atoms. The fourth-order valence-corrected chi connectivity index (χ4v) is 1.88. The Morgan fingerprint density at radius 2 is 1.91 bits per heavy atom. The molecule has 0 aliphatic rings. The molecule has 0 aliphatic heterocycles. The highest BCUT2D eigenvalue weighted by molar-refractivity contribution is 5.99. The molecular weight excluding hydrogens is 283 g/mol. The van der Waals surface area contributed by atoms with Crippen molar-refractivity contribution in [2.75, 3.05) is 5.32 Å². The SMILES string of the molecule is CC(=O)Nc1ccc(/C(C)=N/OCc2cccc(F)c2)cc1. The molecule has 0 fully saturated rings. The van der Waals surface area contributed by atoms with E-state index in [0.29, 0.717) is 5.71 Å². The van der Waals surface area contributed by atoms with Gasteiger partial charge in [-0.15, -0.1) is 0 Å². The molecule has 5 heteroatoms. The number of rotatable bonds is 5. The number of benzene rings is 2. The summed E-state index contributed by atoms with van der Waals surface area (Å²) in [5.74, 6) is -0.410. The lowest BCUT2D eigenvalue weighted by molar-refractivity contribution is -0.114. The van der Waals surface area contributed by atoms with Crippen LogP contribution >= 0.6 is 0 Å². The quantitative estimate of drug-likeness (QED) is 0.676. The molecule has 0 heterocycles. The summed E-state index contributed by atoms with van der Waals surface area (Å²) < 4.78 is 13.0. The van der Waals surface area contributed by atoms with E-state index in [-0.39, 0.29) is 18.3 Å². The van der Waals surface area contributed by atoms with Gasteiger partial charge in [0.25, 0.3) is 0 Å². The van der Waals surface area contributed by atoms with Crippen LogP contribution in [0.1, 0.15) is 25.0 Å². The molecule has 0 radical (unpaired) electrons. The number of amides is 1. The van der Waals surface area contributed by atoms with Gasteiger partial charge in [-0.1, -0.05) is 29.4 Å². The van der Waals surface area contributed by atoms with Gasteiger partial charge in [0.2, 0.25) is 5.91 Å². The first-order valence-electron chi connectivity index (χ1n) is 6.83. The lowest BCUT2D eigenvalue weighted by Crippen LogP contribution is -2.06. The molecule has 2 aromatic carbocycles. The molecule has 114 valence electrons. The number of nitrogens with zero attached hydrogens (tertiary/aromatic N) is 1. The molecule has 1 amide bonds. The molecule has 0 saturated heterocycles. The fourth-order valence-electron chi connectivity index (χ4n) is 1.88. The Morgan fingerprint density at radius 1 is 1.18 bits per heavy atom. The summed E-state index contributed by atoms with van der Waals surface area (Å²) in [5, 5.41) is 6.71. The van der Waals surface area contributed by atoms with E-state index in [9.17, 15) is 9.18 Å². The van der Waals surface area contributed by atoms with Crippen molar-refractivity contribution in [1.82, 2.24) is 0 Å². The number of nitrogens with one attached hydrogen (secondary N) is 1. The molecule has 2 rings (SSSR count). The molecule has 0 aromatic heterocycles. The normalized spacial score (nSPS) is 11.1. The van der Waals surface area contributed by atoms with Crippen LogP contribution in [0.5, 0.6) is 0 Å². The second kappa shape index (κ2) is 7.36. The number of carbonyl (C=O) groups is 1. The van der Waals surface area contributed by atoms with Gasteiger partial charge in [0.05, 0.1) is 5.71 Å². The van der Waals surface area contributed by atoms with E-state index < -0.39 is 0 Å². The van der Waals surface area contributed by atoms with Gasteiger partial charge >= 0.3 is 0 Å². The molecule has 0 unspecified atom stereocenters. The number of hydrogen-bond donors (Lipinski definition) is 1. The molecule has 0 saturated carbocycles. The average molecular weight is 300 g/mol.